The Kier molecular flexibility index (Phi) is 6.91. The predicted octanol–water partition coefficient (Wildman–Crippen LogP) is 3.21. The van der Waals surface area contributed by atoms with Crippen LogP contribution in [0.4, 0.5) is 0 Å². The van der Waals surface area contributed by atoms with Gasteiger partial charge in [-0.25, -0.2) is 0 Å². The monoisotopic (exact) mass is 357 g/mol. The Bertz CT molecular complexity index is 773. The second-order valence-electron chi connectivity index (χ2n) is 5.30. The van der Waals surface area contributed by atoms with Gasteiger partial charge in [0.25, 0.3) is 5.91 Å². The van der Waals surface area contributed by atoms with Crippen LogP contribution in [0.3, 0.4) is 0 Å². The molecule has 2 aromatic carbocycles. The van der Waals surface area contributed by atoms with E-state index in [1.165, 1.54) is 7.11 Å². The number of hydrogen-bond acceptors (Lipinski definition) is 5. The van der Waals surface area contributed by atoms with Gasteiger partial charge in [0.05, 0.1) is 21.3 Å². The average Bonchev–Trinajstić information content (AvgIpc) is 2.69. The molecular weight excluding hydrogens is 334 g/mol. The van der Waals surface area contributed by atoms with Crippen LogP contribution in [0.5, 0.6) is 23.0 Å². The van der Waals surface area contributed by atoms with Crippen LogP contribution in [0, 0.1) is 0 Å². The van der Waals surface area contributed by atoms with Crippen LogP contribution < -0.4 is 24.3 Å². The molecule has 0 aliphatic carbocycles. The first-order valence-corrected chi connectivity index (χ1v) is 8.04. The Morgan fingerprint density at radius 3 is 2.46 bits per heavy atom. The molecule has 0 aliphatic rings. The van der Waals surface area contributed by atoms with E-state index in [9.17, 15) is 4.79 Å². The van der Waals surface area contributed by atoms with Gasteiger partial charge in [-0.05, 0) is 24.3 Å². The van der Waals surface area contributed by atoms with E-state index < -0.39 is 0 Å². The molecule has 6 heteroatoms. The summed E-state index contributed by atoms with van der Waals surface area (Å²) in [5, 5.41) is 2.87. The number of para-hydroxylation sites is 1. The topological polar surface area (TPSA) is 66.0 Å². The highest BCUT2D eigenvalue weighted by atomic mass is 16.5. The molecule has 0 saturated carbocycles. The van der Waals surface area contributed by atoms with E-state index in [4.69, 9.17) is 18.9 Å². The zero-order valence-electron chi connectivity index (χ0n) is 15.2. The van der Waals surface area contributed by atoms with Crippen LogP contribution in [-0.4, -0.2) is 33.8 Å². The molecule has 0 saturated heterocycles. The summed E-state index contributed by atoms with van der Waals surface area (Å²) < 4.78 is 21.4. The molecule has 0 atom stereocenters. The van der Waals surface area contributed by atoms with Gasteiger partial charge in [-0.1, -0.05) is 24.8 Å². The minimum absolute atomic E-state index is 0.233. The van der Waals surface area contributed by atoms with Crippen molar-refractivity contribution in [1.29, 1.82) is 0 Å². The van der Waals surface area contributed by atoms with Crippen LogP contribution in [0.25, 0.3) is 0 Å². The number of benzene rings is 2. The maximum atomic E-state index is 12.5. The van der Waals surface area contributed by atoms with E-state index in [-0.39, 0.29) is 5.91 Å². The predicted molar refractivity (Wildman–Crippen MR) is 99.4 cm³/mol. The highest BCUT2D eigenvalue weighted by molar-refractivity contribution is 5.94. The highest BCUT2D eigenvalue weighted by Crippen LogP contribution is 2.31. The van der Waals surface area contributed by atoms with Gasteiger partial charge < -0.3 is 24.3 Å². The summed E-state index contributed by atoms with van der Waals surface area (Å²) in [6.45, 7) is 4.27. The minimum atomic E-state index is -0.233. The smallest absolute Gasteiger partial charge is 0.251 e. The molecule has 0 radical (unpaired) electrons. The van der Waals surface area contributed by atoms with Crippen molar-refractivity contribution >= 4 is 5.91 Å². The molecule has 138 valence electrons. The van der Waals surface area contributed by atoms with Crippen molar-refractivity contribution in [1.82, 2.24) is 5.32 Å². The van der Waals surface area contributed by atoms with Crippen LogP contribution >= 0.6 is 0 Å². The number of hydrogen-bond donors (Lipinski definition) is 1. The molecule has 0 unspecified atom stereocenters. The fraction of sp³-hybridized carbons (Fsp3) is 0.250. The molecule has 0 fully saturated rings. The summed E-state index contributed by atoms with van der Waals surface area (Å²) in [6.07, 6.45) is 1.64. The lowest BCUT2D eigenvalue weighted by atomic mass is 10.1. The van der Waals surface area contributed by atoms with Crippen LogP contribution in [0.2, 0.25) is 0 Å². The van der Waals surface area contributed by atoms with Gasteiger partial charge in [0.1, 0.15) is 6.61 Å². The Morgan fingerprint density at radius 1 is 1.04 bits per heavy atom. The number of carbonyl (C=O) groups excluding carboxylic acids is 1. The second-order valence-corrected chi connectivity index (χ2v) is 5.30. The van der Waals surface area contributed by atoms with Crippen molar-refractivity contribution in [2.45, 2.75) is 6.54 Å². The molecule has 0 spiro atoms. The minimum Gasteiger partial charge on any atom is -0.493 e. The SMILES string of the molecule is C=CCOc1ccc(C(=O)NCc2cccc(OC)c2OC)cc1OC. The number of nitrogens with one attached hydrogen (secondary N) is 1. The first-order valence-electron chi connectivity index (χ1n) is 8.04. The third-order valence-corrected chi connectivity index (χ3v) is 3.71. The molecule has 2 rings (SSSR count). The van der Waals surface area contributed by atoms with Gasteiger partial charge in [0, 0.05) is 17.7 Å². The normalized spacial score (nSPS) is 9.96. The third kappa shape index (κ3) is 4.47. The average molecular weight is 357 g/mol. The molecule has 1 N–H and O–H groups in total. The number of carbonyl (C=O) groups is 1. The second kappa shape index (κ2) is 9.36. The van der Waals surface area contributed by atoms with Crippen LogP contribution in [0.1, 0.15) is 15.9 Å². The fourth-order valence-electron chi connectivity index (χ4n) is 2.45. The van der Waals surface area contributed by atoms with Gasteiger partial charge in [-0.3, -0.25) is 4.79 Å². The molecule has 0 bridgehead atoms. The third-order valence-electron chi connectivity index (χ3n) is 3.71. The zero-order chi connectivity index (χ0) is 18.9. The summed E-state index contributed by atoms with van der Waals surface area (Å²) in [7, 11) is 4.66. The van der Waals surface area contributed by atoms with E-state index >= 15 is 0 Å². The summed E-state index contributed by atoms with van der Waals surface area (Å²) in [4.78, 5) is 12.5. The number of amides is 1. The Balaban J connectivity index is 2.12. The lowest BCUT2D eigenvalue weighted by Crippen LogP contribution is -2.23. The van der Waals surface area contributed by atoms with Crippen molar-refractivity contribution < 1.29 is 23.7 Å². The van der Waals surface area contributed by atoms with Gasteiger partial charge in [-0.15, -0.1) is 0 Å². The van der Waals surface area contributed by atoms with Crippen molar-refractivity contribution in [3.63, 3.8) is 0 Å². The molecule has 1 amide bonds. The van der Waals surface area contributed by atoms with Gasteiger partial charge >= 0.3 is 0 Å². The number of ether oxygens (including phenoxy) is 4. The van der Waals surface area contributed by atoms with E-state index in [1.54, 1.807) is 44.6 Å². The summed E-state index contributed by atoms with van der Waals surface area (Å²) in [5.74, 6) is 2.02. The van der Waals surface area contributed by atoms with Crippen molar-refractivity contribution in [3.05, 3.63) is 60.2 Å². The van der Waals surface area contributed by atoms with Crippen molar-refractivity contribution in [2.75, 3.05) is 27.9 Å². The van der Waals surface area contributed by atoms with Gasteiger partial charge in [0.15, 0.2) is 23.0 Å². The van der Waals surface area contributed by atoms with Gasteiger partial charge in [-0.2, -0.15) is 0 Å². The van der Waals surface area contributed by atoms with E-state index in [2.05, 4.69) is 11.9 Å². The van der Waals surface area contributed by atoms with E-state index in [0.29, 0.717) is 41.7 Å². The Labute approximate surface area is 153 Å². The molecule has 26 heavy (non-hydrogen) atoms. The molecule has 2 aromatic rings. The van der Waals surface area contributed by atoms with Crippen LogP contribution in [-0.2, 0) is 6.54 Å². The summed E-state index contributed by atoms with van der Waals surface area (Å²) in [6, 6.07) is 10.5. The van der Waals surface area contributed by atoms with E-state index in [0.717, 1.165) is 5.56 Å². The summed E-state index contributed by atoms with van der Waals surface area (Å²) >= 11 is 0. The molecular formula is C20H23NO5. The Morgan fingerprint density at radius 2 is 1.81 bits per heavy atom. The van der Waals surface area contributed by atoms with E-state index in [1.807, 2.05) is 12.1 Å². The number of rotatable bonds is 9. The lowest BCUT2D eigenvalue weighted by molar-refractivity contribution is 0.0950. The quantitative estimate of drug-likeness (QED) is 0.698. The van der Waals surface area contributed by atoms with Crippen LogP contribution in [0.15, 0.2) is 49.1 Å². The molecule has 0 heterocycles. The molecule has 6 nitrogen and oxygen atoms in total. The maximum Gasteiger partial charge on any atom is 0.251 e. The molecule has 0 aromatic heterocycles. The largest absolute Gasteiger partial charge is 0.493 e. The lowest BCUT2D eigenvalue weighted by Gasteiger charge is -2.14. The van der Waals surface area contributed by atoms with Gasteiger partial charge in [0.2, 0.25) is 0 Å². The highest BCUT2D eigenvalue weighted by Gasteiger charge is 2.13. The standard InChI is InChI=1S/C20H23NO5/c1-5-11-26-16-10-9-14(12-18(16)24-3)20(22)21-13-15-7-6-8-17(23-2)19(15)25-4/h5-10,12H,1,11,13H2,2-4H3,(H,21,22). The fourth-order valence-corrected chi connectivity index (χ4v) is 2.45. The Hall–Kier alpha value is -3.15. The maximum absolute atomic E-state index is 12.5. The first kappa shape index (κ1) is 19.2. The number of methoxy groups -OCH3 is 3. The molecule has 0 aliphatic heterocycles. The summed E-state index contributed by atoms with van der Waals surface area (Å²) in [5.41, 5.74) is 1.28. The zero-order valence-corrected chi connectivity index (χ0v) is 15.2. The first-order chi connectivity index (χ1) is 12.6. The van der Waals surface area contributed by atoms with Crippen molar-refractivity contribution in [3.8, 4) is 23.0 Å². The van der Waals surface area contributed by atoms with Crippen molar-refractivity contribution in [2.24, 2.45) is 0 Å².